The summed E-state index contributed by atoms with van der Waals surface area (Å²) in [5.41, 5.74) is 5.67. The normalized spacial score (nSPS) is 12.8. The Kier molecular flexibility index (Phi) is 6.08. The molecule has 17 heavy (non-hydrogen) atoms. The third-order valence-corrected chi connectivity index (χ3v) is 3.73. The highest BCUT2D eigenvalue weighted by molar-refractivity contribution is 9.11. The summed E-state index contributed by atoms with van der Waals surface area (Å²) in [7, 11) is 0. The molecule has 0 aromatic carbocycles. The monoisotopic (exact) mass is 319 g/mol. The molecule has 1 heterocycles. The summed E-state index contributed by atoms with van der Waals surface area (Å²) in [5.74, 6) is 0.798. The third kappa shape index (κ3) is 5.61. The van der Waals surface area contributed by atoms with Gasteiger partial charge in [-0.1, -0.05) is 25.2 Å². The molecule has 3 N–H and O–H groups in total. The number of aromatic nitrogens is 1. The van der Waals surface area contributed by atoms with Gasteiger partial charge in [-0.2, -0.15) is 0 Å². The van der Waals surface area contributed by atoms with Crippen LogP contribution in [0.2, 0.25) is 0 Å². The standard InChI is InChI=1S/C11H18BrN3OS/c1-7(2)3-8(5-13)4-10(16)15-11-14-6-9(12)17-11/h6-8H,3-5,13H2,1-2H3,(H,14,15,16)/t8-/m0/s1. The van der Waals surface area contributed by atoms with Crippen molar-refractivity contribution in [1.29, 1.82) is 0 Å². The molecule has 0 aliphatic carbocycles. The minimum absolute atomic E-state index is 0.0112. The van der Waals surface area contributed by atoms with Gasteiger partial charge in [0.1, 0.15) is 0 Å². The Bertz CT molecular complexity index is 367. The van der Waals surface area contributed by atoms with Gasteiger partial charge in [0, 0.05) is 6.42 Å². The molecule has 1 aromatic heterocycles. The second-order valence-corrected chi connectivity index (χ2v) is 6.86. The van der Waals surface area contributed by atoms with Gasteiger partial charge in [0.05, 0.1) is 9.98 Å². The summed E-state index contributed by atoms with van der Waals surface area (Å²) < 4.78 is 0.908. The van der Waals surface area contributed by atoms with Crippen molar-refractivity contribution in [2.45, 2.75) is 26.7 Å². The fourth-order valence-corrected chi connectivity index (χ4v) is 2.80. The first-order valence-electron chi connectivity index (χ1n) is 5.62. The molecule has 1 rings (SSSR count). The highest BCUT2D eigenvalue weighted by atomic mass is 79.9. The molecule has 0 radical (unpaired) electrons. The first-order valence-corrected chi connectivity index (χ1v) is 7.23. The minimum Gasteiger partial charge on any atom is -0.330 e. The summed E-state index contributed by atoms with van der Waals surface area (Å²) in [6.07, 6.45) is 3.12. The molecule has 0 fully saturated rings. The van der Waals surface area contributed by atoms with Crippen LogP contribution in [-0.2, 0) is 4.79 Å². The first-order chi connectivity index (χ1) is 8.01. The number of carbonyl (C=O) groups excluding carboxylic acids is 1. The zero-order valence-corrected chi connectivity index (χ0v) is 12.5. The van der Waals surface area contributed by atoms with E-state index in [4.69, 9.17) is 5.73 Å². The van der Waals surface area contributed by atoms with E-state index in [1.54, 1.807) is 6.20 Å². The lowest BCUT2D eigenvalue weighted by molar-refractivity contribution is -0.117. The molecule has 4 nitrogen and oxygen atoms in total. The van der Waals surface area contributed by atoms with E-state index in [0.29, 0.717) is 24.0 Å². The second-order valence-electron chi connectivity index (χ2n) is 4.45. The average molecular weight is 320 g/mol. The molecular formula is C11H18BrN3OS. The summed E-state index contributed by atoms with van der Waals surface area (Å²) >= 11 is 4.71. The van der Waals surface area contributed by atoms with E-state index in [1.807, 2.05) is 0 Å². The molecule has 1 amide bonds. The molecule has 0 spiro atoms. The van der Waals surface area contributed by atoms with E-state index < -0.39 is 0 Å². The number of thiazole rings is 1. The number of hydrogen-bond acceptors (Lipinski definition) is 4. The number of nitrogens with two attached hydrogens (primary N) is 1. The molecule has 0 aliphatic rings. The van der Waals surface area contributed by atoms with E-state index >= 15 is 0 Å². The zero-order valence-electron chi connectivity index (χ0n) is 10.1. The Balaban J connectivity index is 2.42. The molecule has 6 heteroatoms. The Hall–Kier alpha value is -0.460. The van der Waals surface area contributed by atoms with Gasteiger partial charge in [-0.15, -0.1) is 0 Å². The molecule has 0 unspecified atom stereocenters. The summed E-state index contributed by atoms with van der Waals surface area (Å²) in [5, 5.41) is 3.41. The zero-order chi connectivity index (χ0) is 12.8. The van der Waals surface area contributed by atoms with Gasteiger partial charge in [0.2, 0.25) is 5.91 Å². The second kappa shape index (κ2) is 7.08. The maximum atomic E-state index is 11.8. The number of nitrogens with zero attached hydrogens (tertiary/aromatic N) is 1. The predicted octanol–water partition coefficient (Wildman–Crippen LogP) is 2.86. The highest BCUT2D eigenvalue weighted by Gasteiger charge is 2.15. The summed E-state index contributed by atoms with van der Waals surface area (Å²) in [6.45, 7) is 4.82. The van der Waals surface area contributed by atoms with E-state index in [-0.39, 0.29) is 11.8 Å². The molecule has 1 atom stereocenters. The molecule has 0 bridgehead atoms. The van der Waals surface area contributed by atoms with E-state index in [0.717, 1.165) is 10.2 Å². The van der Waals surface area contributed by atoms with Crippen LogP contribution in [0.3, 0.4) is 0 Å². The summed E-state index contributed by atoms with van der Waals surface area (Å²) in [4.78, 5) is 15.8. The summed E-state index contributed by atoms with van der Waals surface area (Å²) in [6, 6.07) is 0. The van der Waals surface area contributed by atoms with Crippen molar-refractivity contribution in [3.05, 3.63) is 9.98 Å². The lowest BCUT2D eigenvalue weighted by Gasteiger charge is -2.15. The third-order valence-electron chi connectivity index (χ3n) is 2.34. The van der Waals surface area contributed by atoms with E-state index in [2.05, 4.69) is 40.1 Å². The predicted molar refractivity (Wildman–Crippen MR) is 75.1 cm³/mol. The van der Waals surface area contributed by atoms with Crippen molar-refractivity contribution in [2.75, 3.05) is 11.9 Å². The van der Waals surface area contributed by atoms with Crippen LogP contribution in [0.1, 0.15) is 26.7 Å². The van der Waals surface area contributed by atoms with Crippen LogP contribution in [0.15, 0.2) is 9.98 Å². The average Bonchev–Trinajstić information content (AvgIpc) is 2.62. The first kappa shape index (κ1) is 14.6. The Morgan fingerprint density at radius 2 is 2.35 bits per heavy atom. The van der Waals surface area contributed by atoms with Crippen LogP contribution < -0.4 is 11.1 Å². The lowest BCUT2D eigenvalue weighted by Crippen LogP contribution is -2.23. The fraction of sp³-hybridized carbons (Fsp3) is 0.636. The quantitative estimate of drug-likeness (QED) is 0.847. The van der Waals surface area contributed by atoms with E-state index in [9.17, 15) is 4.79 Å². The molecule has 96 valence electrons. The Labute approximate surface area is 114 Å². The van der Waals surface area contributed by atoms with Crippen LogP contribution in [-0.4, -0.2) is 17.4 Å². The van der Waals surface area contributed by atoms with Gasteiger partial charge < -0.3 is 11.1 Å². The van der Waals surface area contributed by atoms with Crippen molar-refractivity contribution in [3.8, 4) is 0 Å². The van der Waals surface area contributed by atoms with Crippen molar-refractivity contribution < 1.29 is 4.79 Å². The number of rotatable bonds is 6. The fourth-order valence-electron chi connectivity index (χ4n) is 1.67. The molecule has 0 saturated heterocycles. The van der Waals surface area contributed by atoms with E-state index in [1.165, 1.54) is 11.3 Å². The van der Waals surface area contributed by atoms with Crippen LogP contribution in [0.4, 0.5) is 5.13 Å². The van der Waals surface area contributed by atoms with Crippen LogP contribution in [0.25, 0.3) is 0 Å². The largest absolute Gasteiger partial charge is 0.330 e. The van der Waals surface area contributed by atoms with Gasteiger partial charge in [0.25, 0.3) is 0 Å². The number of nitrogens with one attached hydrogen (secondary N) is 1. The SMILES string of the molecule is CC(C)C[C@H](CN)CC(=O)Nc1ncc(Br)s1. The van der Waals surface area contributed by atoms with Gasteiger partial charge in [-0.05, 0) is 40.7 Å². The van der Waals surface area contributed by atoms with Gasteiger partial charge in [-0.25, -0.2) is 4.98 Å². The number of amides is 1. The Morgan fingerprint density at radius 3 is 2.82 bits per heavy atom. The maximum absolute atomic E-state index is 11.8. The van der Waals surface area contributed by atoms with Crippen molar-refractivity contribution in [1.82, 2.24) is 4.98 Å². The minimum atomic E-state index is -0.0112. The molecule has 0 saturated carbocycles. The van der Waals surface area contributed by atoms with Gasteiger partial charge in [-0.3, -0.25) is 4.79 Å². The number of anilines is 1. The lowest BCUT2D eigenvalue weighted by atomic mass is 9.94. The number of halogens is 1. The Morgan fingerprint density at radius 1 is 1.65 bits per heavy atom. The van der Waals surface area contributed by atoms with Gasteiger partial charge in [0.15, 0.2) is 5.13 Å². The van der Waals surface area contributed by atoms with Crippen molar-refractivity contribution in [3.63, 3.8) is 0 Å². The van der Waals surface area contributed by atoms with Crippen LogP contribution >= 0.6 is 27.3 Å². The number of carbonyl (C=O) groups is 1. The van der Waals surface area contributed by atoms with Crippen molar-refractivity contribution in [2.24, 2.45) is 17.6 Å². The smallest absolute Gasteiger partial charge is 0.226 e. The maximum Gasteiger partial charge on any atom is 0.226 e. The van der Waals surface area contributed by atoms with Gasteiger partial charge >= 0.3 is 0 Å². The van der Waals surface area contributed by atoms with Crippen molar-refractivity contribution >= 4 is 38.3 Å². The molecule has 0 aliphatic heterocycles. The topological polar surface area (TPSA) is 68.0 Å². The highest BCUT2D eigenvalue weighted by Crippen LogP contribution is 2.23. The van der Waals surface area contributed by atoms with Crippen LogP contribution in [0.5, 0.6) is 0 Å². The number of hydrogen-bond donors (Lipinski definition) is 2. The molecule has 1 aromatic rings. The van der Waals surface area contributed by atoms with Crippen LogP contribution in [0, 0.1) is 11.8 Å². The molecular weight excluding hydrogens is 302 g/mol.